The zero-order valence-corrected chi connectivity index (χ0v) is 12.3. The average molecular weight is 281 g/mol. The Morgan fingerprint density at radius 3 is 3.00 bits per heavy atom. The number of aryl methyl sites for hydroxylation is 1. The van der Waals surface area contributed by atoms with Gasteiger partial charge in [0, 0.05) is 16.8 Å². The first-order valence-corrected chi connectivity index (χ1v) is 7.24. The van der Waals surface area contributed by atoms with Crippen molar-refractivity contribution in [3.8, 4) is 0 Å². The number of hydrogen-bond acceptors (Lipinski definition) is 2. The summed E-state index contributed by atoms with van der Waals surface area (Å²) in [4.78, 5) is 14.3. The standard InChI is InChI=1S/C15H21ClN2O/c1-11-6-7-13(16)9-14(11)17-15(19)10-18-8-4-3-5-12(18)2/h6-7,9,12H,3-5,8,10H2,1-2H3,(H,17,19)/t12-/m1/s1. The molecule has 4 heteroatoms. The summed E-state index contributed by atoms with van der Waals surface area (Å²) >= 11 is 5.95. The summed E-state index contributed by atoms with van der Waals surface area (Å²) in [5, 5.41) is 3.60. The quantitative estimate of drug-likeness (QED) is 0.920. The lowest BCUT2D eigenvalue weighted by atomic mass is 10.0. The molecule has 3 nitrogen and oxygen atoms in total. The van der Waals surface area contributed by atoms with Crippen LogP contribution in [-0.4, -0.2) is 29.9 Å². The molecule has 1 saturated heterocycles. The highest BCUT2D eigenvalue weighted by Gasteiger charge is 2.20. The first-order chi connectivity index (χ1) is 9.06. The molecule has 1 aliphatic heterocycles. The Balaban J connectivity index is 1.95. The predicted molar refractivity (Wildman–Crippen MR) is 79.7 cm³/mol. The third-order valence-corrected chi connectivity index (χ3v) is 4.00. The highest BCUT2D eigenvalue weighted by Crippen LogP contribution is 2.21. The van der Waals surface area contributed by atoms with Gasteiger partial charge in [0.25, 0.3) is 0 Å². The van der Waals surface area contributed by atoms with E-state index in [2.05, 4.69) is 17.1 Å². The molecule has 0 aliphatic carbocycles. The number of rotatable bonds is 3. The van der Waals surface area contributed by atoms with Crippen LogP contribution in [0.3, 0.4) is 0 Å². The van der Waals surface area contributed by atoms with E-state index in [0.29, 0.717) is 17.6 Å². The highest BCUT2D eigenvalue weighted by molar-refractivity contribution is 6.31. The van der Waals surface area contributed by atoms with Gasteiger partial charge in [-0.25, -0.2) is 0 Å². The van der Waals surface area contributed by atoms with Crippen LogP contribution in [0.4, 0.5) is 5.69 Å². The van der Waals surface area contributed by atoms with Crippen molar-refractivity contribution in [3.05, 3.63) is 28.8 Å². The molecule has 0 unspecified atom stereocenters. The van der Waals surface area contributed by atoms with Crippen LogP contribution in [0.15, 0.2) is 18.2 Å². The van der Waals surface area contributed by atoms with Gasteiger partial charge in [-0.1, -0.05) is 24.1 Å². The topological polar surface area (TPSA) is 32.3 Å². The Bertz CT molecular complexity index is 461. The normalized spacial score (nSPS) is 20.3. The molecule has 0 radical (unpaired) electrons. The van der Waals surface area contributed by atoms with Crippen molar-refractivity contribution in [2.45, 2.75) is 39.2 Å². The fourth-order valence-electron chi connectivity index (χ4n) is 2.50. The first-order valence-electron chi connectivity index (χ1n) is 6.86. The summed E-state index contributed by atoms with van der Waals surface area (Å²) in [6, 6.07) is 6.05. The molecule has 0 saturated carbocycles. The number of likely N-dealkylation sites (tertiary alicyclic amines) is 1. The maximum Gasteiger partial charge on any atom is 0.238 e. The molecule has 1 aliphatic rings. The summed E-state index contributed by atoms with van der Waals surface area (Å²) in [5.74, 6) is 0.0408. The number of benzene rings is 1. The van der Waals surface area contributed by atoms with Crippen molar-refractivity contribution >= 4 is 23.2 Å². The van der Waals surface area contributed by atoms with Gasteiger partial charge in [-0.3, -0.25) is 9.69 Å². The van der Waals surface area contributed by atoms with Crippen LogP contribution in [0.5, 0.6) is 0 Å². The van der Waals surface area contributed by atoms with Gasteiger partial charge < -0.3 is 5.32 Å². The van der Waals surface area contributed by atoms with Crippen molar-refractivity contribution in [3.63, 3.8) is 0 Å². The van der Waals surface area contributed by atoms with Gasteiger partial charge in [0.1, 0.15) is 0 Å². The molecule has 1 atom stereocenters. The molecule has 0 aromatic heterocycles. The Hall–Kier alpha value is -1.06. The van der Waals surface area contributed by atoms with Gasteiger partial charge in [0.05, 0.1) is 6.54 Å². The second-order valence-corrected chi connectivity index (χ2v) is 5.76. The molecule has 104 valence electrons. The van der Waals surface area contributed by atoms with E-state index in [9.17, 15) is 4.79 Å². The van der Waals surface area contributed by atoms with Crippen LogP contribution in [-0.2, 0) is 4.79 Å². The van der Waals surface area contributed by atoms with Gasteiger partial charge in [-0.15, -0.1) is 0 Å². The summed E-state index contributed by atoms with van der Waals surface area (Å²) in [6.45, 7) is 5.64. The predicted octanol–water partition coefficient (Wildman–Crippen LogP) is 3.46. The molecule has 19 heavy (non-hydrogen) atoms. The molecule has 2 rings (SSSR count). The third kappa shape index (κ3) is 3.95. The van der Waals surface area contributed by atoms with Crippen LogP contribution in [0, 0.1) is 6.92 Å². The zero-order valence-electron chi connectivity index (χ0n) is 11.6. The Labute approximate surface area is 119 Å². The number of amides is 1. The minimum absolute atomic E-state index is 0.0408. The number of hydrogen-bond donors (Lipinski definition) is 1. The van der Waals surface area contributed by atoms with Crippen molar-refractivity contribution in [1.29, 1.82) is 0 Å². The van der Waals surface area contributed by atoms with Gasteiger partial charge in [-0.05, 0) is 50.9 Å². The minimum Gasteiger partial charge on any atom is -0.325 e. The summed E-state index contributed by atoms with van der Waals surface area (Å²) in [6.07, 6.45) is 3.64. The Morgan fingerprint density at radius 2 is 2.26 bits per heavy atom. The van der Waals surface area contributed by atoms with Crippen LogP contribution in [0.2, 0.25) is 5.02 Å². The van der Waals surface area contributed by atoms with E-state index in [1.807, 2.05) is 19.1 Å². The van der Waals surface area contributed by atoms with E-state index in [4.69, 9.17) is 11.6 Å². The van der Waals surface area contributed by atoms with Gasteiger partial charge in [-0.2, -0.15) is 0 Å². The molecule has 0 spiro atoms. The monoisotopic (exact) mass is 280 g/mol. The summed E-state index contributed by atoms with van der Waals surface area (Å²) in [7, 11) is 0. The highest BCUT2D eigenvalue weighted by atomic mass is 35.5. The van der Waals surface area contributed by atoms with E-state index in [1.54, 1.807) is 6.07 Å². The number of piperidine rings is 1. The lowest BCUT2D eigenvalue weighted by Gasteiger charge is -2.32. The zero-order chi connectivity index (χ0) is 13.8. The maximum absolute atomic E-state index is 12.1. The number of halogens is 1. The van der Waals surface area contributed by atoms with Crippen molar-refractivity contribution in [2.75, 3.05) is 18.4 Å². The second kappa shape index (κ2) is 6.40. The number of nitrogens with zero attached hydrogens (tertiary/aromatic N) is 1. The van der Waals surface area contributed by atoms with Crippen molar-refractivity contribution < 1.29 is 4.79 Å². The van der Waals surface area contributed by atoms with Crippen LogP contribution in [0.25, 0.3) is 0 Å². The Kier molecular flexibility index (Phi) is 4.83. The van der Waals surface area contributed by atoms with E-state index >= 15 is 0 Å². The molecule has 1 amide bonds. The molecule has 0 bridgehead atoms. The third-order valence-electron chi connectivity index (χ3n) is 3.76. The SMILES string of the molecule is Cc1ccc(Cl)cc1NC(=O)CN1CCCC[C@H]1C. The fourth-order valence-corrected chi connectivity index (χ4v) is 2.67. The number of carbonyl (C=O) groups is 1. The van der Waals surface area contributed by atoms with Gasteiger partial charge in [0.15, 0.2) is 0 Å². The van der Waals surface area contributed by atoms with Gasteiger partial charge >= 0.3 is 0 Å². The van der Waals surface area contributed by atoms with Crippen molar-refractivity contribution in [2.24, 2.45) is 0 Å². The van der Waals surface area contributed by atoms with Gasteiger partial charge in [0.2, 0.25) is 5.91 Å². The molecule has 1 aromatic rings. The average Bonchev–Trinajstić information content (AvgIpc) is 2.37. The summed E-state index contributed by atoms with van der Waals surface area (Å²) < 4.78 is 0. The fraction of sp³-hybridized carbons (Fsp3) is 0.533. The summed E-state index contributed by atoms with van der Waals surface area (Å²) in [5.41, 5.74) is 1.84. The van der Waals surface area contributed by atoms with E-state index < -0.39 is 0 Å². The van der Waals surface area contributed by atoms with E-state index in [1.165, 1.54) is 19.3 Å². The first kappa shape index (κ1) is 14.4. The number of anilines is 1. The molecule has 1 fully saturated rings. The molecular formula is C15H21ClN2O. The number of nitrogens with one attached hydrogen (secondary N) is 1. The second-order valence-electron chi connectivity index (χ2n) is 5.32. The molecular weight excluding hydrogens is 260 g/mol. The lowest BCUT2D eigenvalue weighted by Crippen LogP contribution is -2.42. The number of carbonyl (C=O) groups excluding carboxylic acids is 1. The van der Waals surface area contributed by atoms with E-state index in [0.717, 1.165) is 17.8 Å². The van der Waals surface area contributed by atoms with Crippen LogP contribution < -0.4 is 5.32 Å². The van der Waals surface area contributed by atoms with Crippen molar-refractivity contribution in [1.82, 2.24) is 4.90 Å². The maximum atomic E-state index is 12.1. The van der Waals surface area contributed by atoms with Crippen LogP contribution >= 0.6 is 11.6 Å². The lowest BCUT2D eigenvalue weighted by molar-refractivity contribution is -0.118. The Morgan fingerprint density at radius 1 is 1.47 bits per heavy atom. The molecule has 1 N–H and O–H groups in total. The smallest absolute Gasteiger partial charge is 0.238 e. The van der Waals surface area contributed by atoms with E-state index in [-0.39, 0.29) is 5.91 Å². The largest absolute Gasteiger partial charge is 0.325 e. The molecule has 1 heterocycles. The van der Waals surface area contributed by atoms with Crippen LogP contribution in [0.1, 0.15) is 31.7 Å². The molecule has 1 aromatic carbocycles. The minimum atomic E-state index is 0.0408.